The zero-order valence-corrected chi connectivity index (χ0v) is 16.8. The van der Waals surface area contributed by atoms with Crippen molar-refractivity contribution in [2.24, 2.45) is 0 Å². The Kier molecular flexibility index (Phi) is 5.23. The number of rotatable bonds is 4. The summed E-state index contributed by atoms with van der Waals surface area (Å²) < 4.78 is 13.6. The van der Waals surface area contributed by atoms with E-state index in [1.54, 1.807) is 22.4 Å². The summed E-state index contributed by atoms with van der Waals surface area (Å²) in [7, 11) is 0. The van der Waals surface area contributed by atoms with Gasteiger partial charge in [-0.1, -0.05) is 12.1 Å². The number of halogens is 1. The van der Waals surface area contributed by atoms with Crippen molar-refractivity contribution in [2.75, 3.05) is 11.9 Å². The second-order valence-corrected chi connectivity index (χ2v) is 8.41. The molecule has 1 atom stereocenters. The number of nitrogens with one attached hydrogen (secondary N) is 1. The van der Waals surface area contributed by atoms with E-state index in [0.29, 0.717) is 28.7 Å². The molecule has 0 bridgehead atoms. The molecule has 4 rings (SSSR count). The quantitative estimate of drug-likeness (QED) is 0.692. The van der Waals surface area contributed by atoms with E-state index in [2.05, 4.69) is 10.3 Å². The molecule has 0 saturated carbocycles. The van der Waals surface area contributed by atoms with Gasteiger partial charge in [0.25, 0.3) is 5.91 Å². The van der Waals surface area contributed by atoms with Crippen molar-refractivity contribution in [2.45, 2.75) is 25.8 Å². The van der Waals surface area contributed by atoms with Crippen molar-refractivity contribution in [3.63, 3.8) is 0 Å². The largest absolute Gasteiger partial charge is 0.335 e. The first-order valence-corrected chi connectivity index (χ1v) is 10.6. The molecule has 3 aromatic rings. The first kappa shape index (κ1) is 18.8. The molecule has 144 valence electrons. The highest BCUT2D eigenvalue weighted by Gasteiger charge is 2.28. The molecular formula is C20H18FN3O2S2. The molecule has 28 heavy (non-hydrogen) atoms. The van der Waals surface area contributed by atoms with E-state index < -0.39 is 0 Å². The van der Waals surface area contributed by atoms with Gasteiger partial charge in [0, 0.05) is 11.9 Å². The Morgan fingerprint density at radius 3 is 2.96 bits per heavy atom. The maximum Gasteiger partial charge on any atom is 0.267 e. The fraction of sp³-hybridized carbons (Fsp3) is 0.250. The van der Waals surface area contributed by atoms with Gasteiger partial charge in [-0.15, -0.1) is 22.7 Å². The van der Waals surface area contributed by atoms with Crippen molar-refractivity contribution in [1.82, 2.24) is 9.88 Å². The fourth-order valence-corrected chi connectivity index (χ4v) is 4.72. The average molecular weight is 416 g/mol. The minimum atomic E-state index is -0.287. The number of benzene rings is 1. The molecule has 1 aliphatic rings. The van der Waals surface area contributed by atoms with Crippen LogP contribution in [0.15, 0.2) is 41.1 Å². The van der Waals surface area contributed by atoms with Crippen LogP contribution >= 0.6 is 22.7 Å². The van der Waals surface area contributed by atoms with E-state index >= 15 is 0 Å². The van der Waals surface area contributed by atoms with Crippen LogP contribution in [0.1, 0.15) is 39.5 Å². The predicted octanol–water partition coefficient (Wildman–Crippen LogP) is 4.28. The van der Waals surface area contributed by atoms with E-state index in [9.17, 15) is 14.0 Å². The molecular weight excluding hydrogens is 397 g/mol. The summed E-state index contributed by atoms with van der Waals surface area (Å²) in [5, 5.41) is 6.85. The van der Waals surface area contributed by atoms with Crippen LogP contribution in [-0.4, -0.2) is 28.2 Å². The van der Waals surface area contributed by atoms with Gasteiger partial charge in [0.15, 0.2) is 5.13 Å². The Bertz CT molecular complexity index is 1020. The number of thiazole rings is 1. The van der Waals surface area contributed by atoms with E-state index in [-0.39, 0.29) is 30.1 Å². The van der Waals surface area contributed by atoms with Crippen LogP contribution in [0, 0.1) is 5.82 Å². The third-order valence-corrected chi connectivity index (χ3v) is 6.49. The molecule has 0 saturated heterocycles. The first-order valence-electron chi connectivity index (χ1n) is 8.88. The third kappa shape index (κ3) is 3.83. The predicted molar refractivity (Wildman–Crippen MR) is 108 cm³/mol. The van der Waals surface area contributed by atoms with Gasteiger partial charge >= 0.3 is 0 Å². The summed E-state index contributed by atoms with van der Waals surface area (Å²) in [6, 6.07) is 8.16. The fourth-order valence-electron chi connectivity index (χ4n) is 3.39. The number of carbonyl (C=O) groups is 2. The zero-order chi connectivity index (χ0) is 19.7. The maximum atomic E-state index is 13.6. The Hall–Kier alpha value is -2.58. The number of hydrogen-bond donors (Lipinski definition) is 1. The Labute approximate surface area is 169 Å². The van der Waals surface area contributed by atoms with Crippen LogP contribution in [-0.2, 0) is 17.6 Å². The van der Waals surface area contributed by atoms with Gasteiger partial charge in [0.05, 0.1) is 23.0 Å². The van der Waals surface area contributed by atoms with Crippen molar-refractivity contribution in [1.29, 1.82) is 0 Å². The van der Waals surface area contributed by atoms with Gasteiger partial charge in [0.1, 0.15) is 5.82 Å². The lowest BCUT2D eigenvalue weighted by Gasteiger charge is -2.35. The highest BCUT2D eigenvalue weighted by atomic mass is 32.1. The summed E-state index contributed by atoms with van der Waals surface area (Å²) in [5.41, 5.74) is 2.57. The van der Waals surface area contributed by atoms with Crippen molar-refractivity contribution >= 4 is 39.6 Å². The number of hydrogen-bond acceptors (Lipinski definition) is 5. The molecule has 5 nitrogen and oxygen atoms in total. The molecule has 0 spiro atoms. The minimum absolute atomic E-state index is 0.0520. The molecule has 1 aliphatic heterocycles. The number of fused-ring (bicyclic) bond motifs is 1. The number of carbonyl (C=O) groups excluding carboxylic acids is 2. The van der Waals surface area contributed by atoms with Crippen LogP contribution in [0.4, 0.5) is 9.52 Å². The van der Waals surface area contributed by atoms with Gasteiger partial charge < -0.3 is 4.90 Å². The third-order valence-electron chi connectivity index (χ3n) is 4.82. The van der Waals surface area contributed by atoms with E-state index in [1.165, 1.54) is 34.8 Å². The number of thiophene rings is 1. The van der Waals surface area contributed by atoms with Gasteiger partial charge in [-0.2, -0.15) is 0 Å². The second-order valence-electron chi connectivity index (χ2n) is 6.61. The second kappa shape index (κ2) is 7.81. The number of nitrogens with zero attached hydrogens (tertiary/aromatic N) is 2. The number of amides is 2. The van der Waals surface area contributed by atoms with E-state index in [0.717, 1.165) is 11.1 Å². The summed E-state index contributed by atoms with van der Waals surface area (Å²) in [4.78, 5) is 31.6. The maximum absolute atomic E-state index is 13.6. The van der Waals surface area contributed by atoms with Crippen molar-refractivity contribution < 1.29 is 14.0 Å². The van der Waals surface area contributed by atoms with Crippen LogP contribution < -0.4 is 5.32 Å². The highest BCUT2D eigenvalue weighted by Crippen LogP contribution is 2.30. The van der Waals surface area contributed by atoms with Gasteiger partial charge in [-0.25, -0.2) is 9.37 Å². The zero-order valence-electron chi connectivity index (χ0n) is 15.1. The smallest absolute Gasteiger partial charge is 0.267 e. The molecule has 8 heteroatoms. The van der Waals surface area contributed by atoms with Crippen LogP contribution in [0.3, 0.4) is 0 Å². The first-order chi connectivity index (χ1) is 13.5. The van der Waals surface area contributed by atoms with Crippen LogP contribution in [0.25, 0.3) is 0 Å². The number of aromatic nitrogens is 1. The molecule has 0 aliphatic carbocycles. The molecule has 3 heterocycles. The molecule has 2 amide bonds. The van der Waals surface area contributed by atoms with E-state index in [4.69, 9.17) is 0 Å². The summed E-state index contributed by atoms with van der Waals surface area (Å²) in [6.45, 7) is 2.52. The minimum Gasteiger partial charge on any atom is -0.335 e. The lowest BCUT2D eigenvalue weighted by Crippen LogP contribution is -2.39. The lowest BCUT2D eigenvalue weighted by molar-refractivity contribution is -0.133. The van der Waals surface area contributed by atoms with Crippen molar-refractivity contribution in [3.8, 4) is 0 Å². The van der Waals surface area contributed by atoms with Gasteiger partial charge in [0.2, 0.25) is 5.91 Å². The lowest BCUT2D eigenvalue weighted by atomic mass is 9.93. The molecule has 2 aromatic heterocycles. The van der Waals surface area contributed by atoms with Gasteiger partial charge in [-0.3, -0.25) is 14.9 Å². The molecule has 1 unspecified atom stereocenters. The summed E-state index contributed by atoms with van der Waals surface area (Å²) in [6.07, 6.45) is 0.866. The summed E-state index contributed by atoms with van der Waals surface area (Å²) in [5.74, 6) is -0.542. The van der Waals surface area contributed by atoms with Gasteiger partial charge in [-0.05, 0) is 48.1 Å². The Morgan fingerprint density at radius 2 is 2.18 bits per heavy atom. The van der Waals surface area contributed by atoms with Crippen LogP contribution in [0.5, 0.6) is 0 Å². The van der Waals surface area contributed by atoms with Crippen molar-refractivity contribution in [3.05, 3.63) is 68.6 Å². The highest BCUT2D eigenvalue weighted by molar-refractivity contribution is 7.14. The molecule has 0 radical (unpaired) electrons. The molecule has 0 fully saturated rings. The number of anilines is 1. The molecule has 1 aromatic carbocycles. The monoisotopic (exact) mass is 415 g/mol. The standard InChI is InChI=1S/C20H18FN3O2S2/c1-12-16-9-14(21)5-4-13(16)6-7-24(12)18(25)10-15-11-28-20(22-15)23-19(26)17-3-2-8-27-17/h2-5,8-9,11-12H,6-7,10H2,1H3,(H,22,23,26). The summed E-state index contributed by atoms with van der Waals surface area (Å²) >= 11 is 2.66. The average Bonchev–Trinajstić information content (AvgIpc) is 3.34. The SMILES string of the molecule is CC1c2cc(F)ccc2CCN1C(=O)Cc1csc(NC(=O)c2cccs2)n1. The van der Waals surface area contributed by atoms with E-state index in [1.807, 2.05) is 18.4 Å². The Balaban J connectivity index is 1.42. The van der Waals surface area contributed by atoms with Crippen LogP contribution in [0.2, 0.25) is 0 Å². The topological polar surface area (TPSA) is 62.3 Å². The normalized spacial score (nSPS) is 15.9. The molecule has 1 N–H and O–H groups in total. The Morgan fingerprint density at radius 1 is 1.32 bits per heavy atom.